The standard InChI is InChI=1S/C14H25NO2/c1-9(2)8-11(16)15-13(14(5,6)7)12(17)10(3)4/h9,13H,3,8H2,1-2,4-7H3,(H,15,16). The Kier molecular flexibility index (Phi) is 5.59. The van der Waals surface area contributed by atoms with E-state index in [9.17, 15) is 9.59 Å². The summed E-state index contributed by atoms with van der Waals surface area (Å²) in [7, 11) is 0. The molecule has 0 saturated carbocycles. The fourth-order valence-electron chi connectivity index (χ4n) is 1.51. The van der Waals surface area contributed by atoms with Crippen LogP contribution in [0.25, 0.3) is 0 Å². The molecule has 0 saturated heterocycles. The Bertz CT molecular complexity index is 311. The number of hydrogen-bond donors (Lipinski definition) is 1. The normalized spacial score (nSPS) is 13.4. The van der Waals surface area contributed by atoms with Crippen LogP contribution in [-0.4, -0.2) is 17.7 Å². The van der Waals surface area contributed by atoms with Gasteiger partial charge in [0.05, 0.1) is 6.04 Å². The average Bonchev–Trinajstić information content (AvgIpc) is 2.09. The zero-order valence-electron chi connectivity index (χ0n) is 11.9. The molecule has 0 aliphatic heterocycles. The van der Waals surface area contributed by atoms with Crippen molar-refractivity contribution in [2.24, 2.45) is 11.3 Å². The molecule has 0 radical (unpaired) electrons. The molecule has 17 heavy (non-hydrogen) atoms. The van der Waals surface area contributed by atoms with E-state index in [0.29, 0.717) is 12.0 Å². The molecule has 0 aromatic heterocycles. The maximum absolute atomic E-state index is 12.0. The topological polar surface area (TPSA) is 46.2 Å². The third kappa shape index (κ3) is 5.66. The number of hydrogen-bond acceptors (Lipinski definition) is 2. The van der Waals surface area contributed by atoms with Gasteiger partial charge in [-0.3, -0.25) is 9.59 Å². The molecule has 0 aromatic carbocycles. The first-order chi connectivity index (χ1) is 7.55. The second-order valence-corrected chi connectivity index (χ2v) is 6.11. The number of rotatable bonds is 5. The molecule has 1 amide bonds. The lowest BCUT2D eigenvalue weighted by Gasteiger charge is -2.30. The van der Waals surface area contributed by atoms with E-state index in [1.54, 1.807) is 6.92 Å². The molecule has 3 heteroatoms. The van der Waals surface area contributed by atoms with Crippen LogP contribution in [0.2, 0.25) is 0 Å². The number of carbonyl (C=O) groups is 2. The summed E-state index contributed by atoms with van der Waals surface area (Å²) in [4.78, 5) is 23.7. The summed E-state index contributed by atoms with van der Waals surface area (Å²) in [6, 6.07) is -0.494. The monoisotopic (exact) mass is 239 g/mol. The molecule has 0 rings (SSSR count). The summed E-state index contributed by atoms with van der Waals surface area (Å²) in [5.74, 6) is 0.125. The first-order valence-corrected chi connectivity index (χ1v) is 6.04. The minimum atomic E-state index is -0.494. The zero-order valence-corrected chi connectivity index (χ0v) is 11.9. The van der Waals surface area contributed by atoms with E-state index < -0.39 is 6.04 Å². The van der Waals surface area contributed by atoms with Crippen molar-refractivity contribution in [1.82, 2.24) is 5.32 Å². The number of ketones is 1. The molecule has 1 atom stereocenters. The van der Waals surface area contributed by atoms with Gasteiger partial charge in [-0.05, 0) is 23.8 Å². The van der Waals surface area contributed by atoms with Gasteiger partial charge < -0.3 is 5.32 Å². The highest BCUT2D eigenvalue weighted by Crippen LogP contribution is 2.22. The number of nitrogens with one attached hydrogen (secondary N) is 1. The van der Waals surface area contributed by atoms with Gasteiger partial charge in [0, 0.05) is 6.42 Å². The van der Waals surface area contributed by atoms with Crippen LogP contribution in [0.3, 0.4) is 0 Å². The molecule has 1 unspecified atom stereocenters. The van der Waals surface area contributed by atoms with Gasteiger partial charge in [-0.1, -0.05) is 41.2 Å². The van der Waals surface area contributed by atoms with Crippen molar-refractivity contribution in [1.29, 1.82) is 0 Å². The van der Waals surface area contributed by atoms with Gasteiger partial charge in [-0.15, -0.1) is 0 Å². The molecule has 0 aliphatic carbocycles. The van der Waals surface area contributed by atoms with Crippen molar-refractivity contribution < 1.29 is 9.59 Å². The number of carbonyl (C=O) groups excluding carboxylic acids is 2. The van der Waals surface area contributed by atoms with Crippen LogP contribution < -0.4 is 5.32 Å². The van der Waals surface area contributed by atoms with E-state index in [1.165, 1.54) is 0 Å². The quantitative estimate of drug-likeness (QED) is 0.750. The second-order valence-electron chi connectivity index (χ2n) is 6.11. The maximum Gasteiger partial charge on any atom is 0.220 e. The molecule has 0 heterocycles. The fraction of sp³-hybridized carbons (Fsp3) is 0.714. The Morgan fingerprint density at radius 2 is 1.71 bits per heavy atom. The van der Waals surface area contributed by atoms with Gasteiger partial charge in [0.2, 0.25) is 5.91 Å². The highest BCUT2D eigenvalue weighted by molar-refractivity contribution is 6.00. The summed E-state index contributed by atoms with van der Waals surface area (Å²) >= 11 is 0. The van der Waals surface area contributed by atoms with Crippen LogP contribution >= 0.6 is 0 Å². The van der Waals surface area contributed by atoms with E-state index in [-0.39, 0.29) is 23.0 Å². The van der Waals surface area contributed by atoms with Crippen LogP contribution in [-0.2, 0) is 9.59 Å². The molecular weight excluding hydrogens is 214 g/mol. The largest absolute Gasteiger partial charge is 0.345 e. The van der Waals surface area contributed by atoms with Gasteiger partial charge in [0.25, 0.3) is 0 Å². The fourth-order valence-corrected chi connectivity index (χ4v) is 1.51. The lowest BCUT2D eigenvalue weighted by atomic mass is 9.82. The lowest BCUT2D eigenvalue weighted by Crippen LogP contribution is -2.49. The van der Waals surface area contributed by atoms with E-state index in [2.05, 4.69) is 11.9 Å². The summed E-state index contributed by atoms with van der Waals surface area (Å²) in [5, 5.41) is 2.82. The highest BCUT2D eigenvalue weighted by Gasteiger charge is 2.32. The molecule has 0 fully saturated rings. The van der Waals surface area contributed by atoms with Crippen LogP contribution in [0.1, 0.15) is 48.0 Å². The van der Waals surface area contributed by atoms with Crippen LogP contribution in [0.4, 0.5) is 0 Å². The Hall–Kier alpha value is -1.12. The van der Waals surface area contributed by atoms with E-state index in [1.807, 2.05) is 34.6 Å². The summed E-state index contributed by atoms with van der Waals surface area (Å²) in [5.41, 5.74) is 0.178. The Labute approximate surface area is 105 Å². The van der Waals surface area contributed by atoms with Crippen LogP contribution in [0, 0.1) is 11.3 Å². The summed E-state index contributed by atoms with van der Waals surface area (Å²) in [6.45, 7) is 15.1. The van der Waals surface area contributed by atoms with E-state index in [4.69, 9.17) is 0 Å². The highest BCUT2D eigenvalue weighted by atomic mass is 16.2. The first kappa shape index (κ1) is 15.9. The number of Topliss-reactive ketones (excluding diaryl/α,β-unsaturated/α-hetero) is 1. The molecule has 0 bridgehead atoms. The van der Waals surface area contributed by atoms with Gasteiger partial charge in [-0.2, -0.15) is 0 Å². The first-order valence-electron chi connectivity index (χ1n) is 6.04. The van der Waals surface area contributed by atoms with Crippen molar-refractivity contribution in [2.45, 2.75) is 54.0 Å². The molecule has 0 aliphatic rings. The van der Waals surface area contributed by atoms with Crippen LogP contribution in [0.15, 0.2) is 12.2 Å². The molecule has 3 nitrogen and oxygen atoms in total. The average molecular weight is 239 g/mol. The maximum atomic E-state index is 12.0. The van der Waals surface area contributed by atoms with Gasteiger partial charge in [0.15, 0.2) is 5.78 Å². The third-order valence-electron chi connectivity index (χ3n) is 2.45. The molecule has 98 valence electrons. The second kappa shape index (κ2) is 5.99. The summed E-state index contributed by atoms with van der Waals surface area (Å²) in [6.07, 6.45) is 0.441. The van der Waals surface area contributed by atoms with E-state index in [0.717, 1.165) is 0 Å². The predicted molar refractivity (Wildman–Crippen MR) is 70.7 cm³/mol. The Balaban J connectivity index is 4.80. The Morgan fingerprint density at radius 3 is 2.00 bits per heavy atom. The smallest absolute Gasteiger partial charge is 0.220 e. The lowest BCUT2D eigenvalue weighted by molar-refractivity contribution is -0.128. The van der Waals surface area contributed by atoms with Crippen LogP contribution in [0.5, 0.6) is 0 Å². The minimum Gasteiger partial charge on any atom is -0.345 e. The van der Waals surface area contributed by atoms with E-state index >= 15 is 0 Å². The van der Waals surface area contributed by atoms with Crippen molar-refractivity contribution in [3.05, 3.63) is 12.2 Å². The molecular formula is C14H25NO2. The van der Waals surface area contributed by atoms with Crippen molar-refractivity contribution in [2.75, 3.05) is 0 Å². The zero-order chi connectivity index (χ0) is 13.8. The van der Waals surface area contributed by atoms with Crippen molar-refractivity contribution in [3.63, 3.8) is 0 Å². The summed E-state index contributed by atoms with van der Waals surface area (Å²) < 4.78 is 0. The van der Waals surface area contributed by atoms with Gasteiger partial charge >= 0.3 is 0 Å². The van der Waals surface area contributed by atoms with Crippen molar-refractivity contribution in [3.8, 4) is 0 Å². The number of amides is 1. The molecule has 0 spiro atoms. The SMILES string of the molecule is C=C(C)C(=O)C(NC(=O)CC(C)C)C(C)(C)C. The molecule has 0 aromatic rings. The molecule has 1 N–H and O–H groups in total. The van der Waals surface area contributed by atoms with Crippen molar-refractivity contribution >= 4 is 11.7 Å². The predicted octanol–water partition coefficient (Wildman–Crippen LogP) is 2.71. The van der Waals surface area contributed by atoms with Gasteiger partial charge in [-0.25, -0.2) is 0 Å². The minimum absolute atomic E-state index is 0.0745. The van der Waals surface area contributed by atoms with Gasteiger partial charge in [0.1, 0.15) is 0 Å². The Morgan fingerprint density at radius 1 is 1.24 bits per heavy atom. The third-order valence-corrected chi connectivity index (χ3v) is 2.45.